The molecule has 0 saturated carbocycles. The minimum Gasteiger partial charge on any atom is -0.465 e. The van der Waals surface area contributed by atoms with E-state index in [1.807, 2.05) is 0 Å². The van der Waals surface area contributed by atoms with Crippen LogP contribution >= 0.6 is 0 Å². The van der Waals surface area contributed by atoms with Crippen molar-refractivity contribution in [2.24, 2.45) is 0 Å². The van der Waals surface area contributed by atoms with Crippen LogP contribution < -0.4 is 5.32 Å². The number of esters is 1. The molecule has 0 aliphatic heterocycles. The van der Waals surface area contributed by atoms with E-state index in [9.17, 15) is 13.6 Å². The molecule has 4 nitrogen and oxygen atoms in total. The molecule has 0 fully saturated rings. The first-order valence-electron chi connectivity index (χ1n) is 5.41. The van der Waals surface area contributed by atoms with Crippen LogP contribution in [0.15, 0.2) is 12.1 Å². The van der Waals surface area contributed by atoms with E-state index >= 15 is 0 Å². The minimum atomic E-state index is -1.21. The molecular weight excluding hydrogens is 244 g/mol. The summed E-state index contributed by atoms with van der Waals surface area (Å²) in [6.07, 6.45) is 0.663. The molecule has 1 N–H and O–H groups in total. The highest BCUT2D eigenvalue weighted by atomic mass is 19.2. The monoisotopic (exact) mass is 259 g/mol. The van der Waals surface area contributed by atoms with E-state index in [4.69, 9.17) is 4.74 Å². The topological polar surface area (TPSA) is 47.6 Å². The Labute approximate surface area is 104 Å². The molecule has 0 aliphatic carbocycles. The fraction of sp³-hybridized carbons (Fsp3) is 0.417. The van der Waals surface area contributed by atoms with Gasteiger partial charge in [0.05, 0.1) is 18.4 Å². The molecule has 1 rings (SSSR count). The van der Waals surface area contributed by atoms with E-state index in [2.05, 4.69) is 10.1 Å². The van der Waals surface area contributed by atoms with Crippen LogP contribution in [0.3, 0.4) is 0 Å². The number of carbonyl (C=O) groups excluding carboxylic acids is 1. The summed E-state index contributed by atoms with van der Waals surface area (Å²) in [6, 6.07) is 2.49. The summed E-state index contributed by atoms with van der Waals surface area (Å²) in [6.45, 7) is 0.971. The third-order valence-electron chi connectivity index (χ3n) is 2.33. The Hall–Kier alpha value is -1.69. The van der Waals surface area contributed by atoms with Crippen LogP contribution in [0.25, 0.3) is 0 Å². The first-order chi connectivity index (χ1) is 8.61. The Morgan fingerprint density at radius 2 is 2.00 bits per heavy atom. The van der Waals surface area contributed by atoms with Crippen LogP contribution in [0.4, 0.5) is 14.5 Å². The largest absolute Gasteiger partial charge is 0.465 e. The maximum Gasteiger partial charge on any atom is 0.340 e. The van der Waals surface area contributed by atoms with Crippen LogP contribution in [0.1, 0.15) is 16.8 Å². The van der Waals surface area contributed by atoms with Crippen LogP contribution in [-0.4, -0.2) is 33.3 Å². The Morgan fingerprint density at radius 3 is 2.61 bits per heavy atom. The Bertz CT molecular complexity index is 424. The number of halogens is 2. The van der Waals surface area contributed by atoms with Gasteiger partial charge >= 0.3 is 5.97 Å². The van der Waals surface area contributed by atoms with Crippen LogP contribution in [0.2, 0.25) is 0 Å². The molecule has 0 heterocycles. The summed E-state index contributed by atoms with van der Waals surface area (Å²) < 4.78 is 36.3. The van der Waals surface area contributed by atoms with E-state index in [1.54, 1.807) is 7.11 Å². The Morgan fingerprint density at radius 1 is 1.28 bits per heavy atom. The van der Waals surface area contributed by atoms with Gasteiger partial charge in [-0.3, -0.25) is 0 Å². The molecule has 6 heteroatoms. The molecule has 0 spiro atoms. The van der Waals surface area contributed by atoms with Crippen molar-refractivity contribution in [3.05, 3.63) is 29.3 Å². The van der Waals surface area contributed by atoms with E-state index in [1.165, 1.54) is 12.1 Å². The summed E-state index contributed by atoms with van der Waals surface area (Å²) in [4.78, 5) is 11.1. The van der Waals surface area contributed by atoms with Gasteiger partial charge in [0.1, 0.15) is 0 Å². The lowest BCUT2D eigenvalue weighted by Crippen LogP contribution is -2.10. The van der Waals surface area contributed by atoms with Crippen molar-refractivity contribution in [1.29, 1.82) is 0 Å². The lowest BCUT2D eigenvalue weighted by molar-refractivity contribution is 0.0594. The zero-order valence-corrected chi connectivity index (χ0v) is 10.3. The summed E-state index contributed by atoms with van der Waals surface area (Å²) in [5.41, 5.74) is -0.409. The second-order valence-electron chi connectivity index (χ2n) is 3.55. The van der Waals surface area contributed by atoms with Crippen molar-refractivity contribution >= 4 is 11.7 Å². The molecule has 100 valence electrons. The molecule has 18 heavy (non-hydrogen) atoms. The summed E-state index contributed by atoms with van der Waals surface area (Å²) in [5, 5.41) is 2.73. The smallest absolute Gasteiger partial charge is 0.340 e. The number of anilines is 1. The average molecular weight is 259 g/mol. The Balaban J connectivity index is 2.78. The molecule has 0 bridgehead atoms. The second-order valence-corrected chi connectivity index (χ2v) is 3.55. The van der Waals surface area contributed by atoms with E-state index in [-0.39, 0.29) is 5.69 Å². The Kier molecular flexibility index (Phi) is 5.51. The second kappa shape index (κ2) is 6.90. The van der Waals surface area contributed by atoms with Crippen molar-refractivity contribution in [3.8, 4) is 0 Å². The molecule has 0 aromatic heterocycles. The van der Waals surface area contributed by atoms with E-state index in [0.717, 1.165) is 7.11 Å². The van der Waals surface area contributed by atoms with Crippen molar-refractivity contribution in [2.75, 3.05) is 32.7 Å². The van der Waals surface area contributed by atoms with Crippen molar-refractivity contribution < 1.29 is 23.0 Å². The minimum absolute atomic E-state index is 0.0104. The quantitative estimate of drug-likeness (QED) is 0.628. The van der Waals surface area contributed by atoms with Crippen molar-refractivity contribution in [2.45, 2.75) is 6.42 Å². The first kappa shape index (κ1) is 14.4. The molecule has 1 aromatic carbocycles. The maximum absolute atomic E-state index is 13.6. The van der Waals surface area contributed by atoms with Crippen LogP contribution in [0.5, 0.6) is 0 Å². The molecule has 0 radical (unpaired) electrons. The predicted octanol–water partition coefficient (Wildman–Crippen LogP) is 2.20. The lowest BCUT2D eigenvalue weighted by Gasteiger charge is -2.09. The highest BCUT2D eigenvalue weighted by Gasteiger charge is 2.18. The normalized spacial score (nSPS) is 10.2. The van der Waals surface area contributed by atoms with E-state index < -0.39 is 23.2 Å². The van der Waals surface area contributed by atoms with Gasteiger partial charge in [-0.1, -0.05) is 0 Å². The van der Waals surface area contributed by atoms with Crippen molar-refractivity contribution in [1.82, 2.24) is 0 Å². The van der Waals surface area contributed by atoms with Gasteiger partial charge in [0.15, 0.2) is 11.6 Å². The zero-order chi connectivity index (χ0) is 13.5. The molecule has 0 amide bonds. The van der Waals surface area contributed by atoms with Gasteiger partial charge in [0, 0.05) is 20.3 Å². The third kappa shape index (κ3) is 3.40. The van der Waals surface area contributed by atoms with Gasteiger partial charge in [-0.2, -0.15) is 0 Å². The SMILES string of the molecule is COCCCNc1ccc(C(=O)OC)c(F)c1F. The highest BCUT2D eigenvalue weighted by Crippen LogP contribution is 2.21. The highest BCUT2D eigenvalue weighted by molar-refractivity contribution is 5.90. The fourth-order valence-corrected chi connectivity index (χ4v) is 1.39. The lowest BCUT2D eigenvalue weighted by atomic mass is 10.2. The van der Waals surface area contributed by atoms with Crippen molar-refractivity contribution in [3.63, 3.8) is 0 Å². The van der Waals surface area contributed by atoms with Gasteiger partial charge < -0.3 is 14.8 Å². The van der Waals surface area contributed by atoms with Gasteiger partial charge in [-0.25, -0.2) is 13.6 Å². The number of methoxy groups -OCH3 is 2. The standard InChI is InChI=1S/C12H15F2NO3/c1-17-7-3-6-15-9-5-4-8(12(16)18-2)10(13)11(9)14/h4-5,15H,3,6-7H2,1-2H3. The molecule has 0 saturated heterocycles. The van der Waals surface area contributed by atoms with Crippen LogP contribution in [0, 0.1) is 11.6 Å². The maximum atomic E-state index is 13.6. The third-order valence-corrected chi connectivity index (χ3v) is 2.33. The number of benzene rings is 1. The number of rotatable bonds is 6. The molecular formula is C12H15F2NO3. The van der Waals surface area contributed by atoms with Gasteiger partial charge in [-0.05, 0) is 18.6 Å². The molecule has 0 unspecified atom stereocenters. The zero-order valence-electron chi connectivity index (χ0n) is 10.3. The summed E-state index contributed by atoms with van der Waals surface area (Å²) in [5.74, 6) is -3.20. The average Bonchev–Trinajstić information content (AvgIpc) is 2.38. The van der Waals surface area contributed by atoms with Gasteiger partial charge in [-0.15, -0.1) is 0 Å². The number of carbonyl (C=O) groups is 1. The predicted molar refractivity (Wildman–Crippen MR) is 62.7 cm³/mol. The molecule has 1 aromatic rings. The van der Waals surface area contributed by atoms with Crippen LogP contribution in [-0.2, 0) is 9.47 Å². The molecule has 0 atom stereocenters. The summed E-state index contributed by atoms with van der Waals surface area (Å²) >= 11 is 0. The number of nitrogens with one attached hydrogen (secondary N) is 1. The van der Waals surface area contributed by atoms with Gasteiger partial charge in [0.2, 0.25) is 0 Å². The first-order valence-corrected chi connectivity index (χ1v) is 5.41. The van der Waals surface area contributed by atoms with E-state index in [0.29, 0.717) is 19.6 Å². The summed E-state index contributed by atoms with van der Waals surface area (Å²) in [7, 11) is 2.67. The number of hydrogen-bond donors (Lipinski definition) is 1. The number of hydrogen-bond acceptors (Lipinski definition) is 4. The number of ether oxygens (including phenoxy) is 2. The van der Waals surface area contributed by atoms with Gasteiger partial charge in [0.25, 0.3) is 0 Å². The fourth-order valence-electron chi connectivity index (χ4n) is 1.39. The molecule has 0 aliphatic rings.